The van der Waals surface area contributed by atoms with Crippen LogP contribution in [-0.4, -0.2) is 33.3 Å². The number of aromatic nitrogens is 3. The lowest BCUT2D eigenvalue weighted by atomic mass is 10.2. The van der Waals surface area contributed by atoms with Crippen molar-refractivity contribution in [3.63, 3.8) is 0 Å². The second-order valence-corrected chi connectivity index (χ2v) is 4.48. The lowest BCUT2D eigenvalue weighted by molar-refractivity contribution is 0.373. The molecule has 2 rings (SSSR count). The van der Waals surface area contributed by atoms with Crippen LogP contribution in [0.5, 0.6) is 11.5 Å². The molecule has 0 saturated carbocycles. The number of H-pyrrole nitrogens is 1. The molecule has 0 bridgehead atoms. The molecule has 1 aromatic heterocycles. The van der Waals surface area contributed by atoms with Gasteiger partial charge in [0.25, 0.3) is 0 Å². The highest BCUT2D eigenvalue weighted by Crippen LogP contribution is 2.34. The van der Waals surface area contributed by atoms with Crippen molar-refractivity contribution in [2.24, 2.45) is 5.10 Å². The molecule has 1 aromatic carbocycles. The summed E-state index contributed by atoms with van der Waals surface area (Å²) in [6.45, 7) is 1.77. The van der Waals surface area contributed by atoms with Crippen LogP contribution in [0.1, 0.15) is 11.4 Å². The second-order valence-electron chi connectivity index (χ2n) is 3.69. The van der Waals surface area contributed by atoms with Gasteiger partial charge in [0.15, 0.2) is 11.5 Å². The Morgan fingerprint density at radius 2 is 2.32 bits per heavy atom. The van der Waals surface area contributed by atoms with Gasteiger partial charge in [-0.2, -0.15) is 14.9 Å². The molecule has 0 aliphatic carbocycles. The number of nitrogens with zero attached hydrogens (tertiary/aromatic N) is 3. The molecule has 0 atom stereocenters. The molecular weight excluding hydrogens is 288 g/mol. The first-order valence-electron chi connectivity index (χ1n) is 5.28. The summed E-state index contributed by atoms with van der Waals surface area (Å²) in [6.07, 6.45) is 1.55. The molecule has 0 saturated heterocycles. The predicted molar refractivity (Wildman–Crippen MR) is 74.8 cm³/mol. The maximum atomic E-state index is 9.62. The van der Waals surface area contributed by atoms with Crippen LogP contribution >= 0.6 is 23.8 Å². The third-order valence-electron chi connectivity index (χ3n) is 2.41. The first-order valence-corrected chi connectivity index (χ1v) is 6.06. The van der Waals surface area contributed by atoms with E-state index in [1.54, 1.807) is 25.3 Å². The molecule has 19 heavy (non-hydrogen) atoms. The van der Waals surface area contributed by atoms with E-state index in [0.29, 0.717) is 16.2 Å². The number of phenols is 1. The Balaban J connectivity index is 2.39. The van der Waals surface area contributed by atoms with Gasteiger partial charge in [-0.1, -0.05) is 11.6 Å². The molecule has 0 radical (unpaired) electrons. The summed E-state index contributed by atoms with van der Waals surface area (Å²) < 4.78 is 6.88. The summed E-state index contributed by atoms with van der Waals surface area (Å²) in [4.78, 5) is 0. The Morgan fingerprint density at radius 3 is 2.89 bits per heavy atom. The van der Waals surface area contributed by atoms with E-state index in [1.807, 2.05) is 0 Å². The SMILES string of the molecule is COc1cc(/C=N/n2c(C)n[nH]c2=S)cc(Cl)c1O. The predicted octanol–water partition coefficient (Wildman–Crippen LogP) is 2.50. The van der Waals surface area contributed by atoms with Crippen LogP contribution in [0.3, 0.4) is 0 Å². The van der Waals surface area contributed by atoms with Crippen molar-refractivity contribution in [2.75, 3.05) is 7.11 Å². The number of hydrogen-bond acceptors (Lipinski definition) is 5. The monoisotopic (exact) mass is 298 g/mol. The molecule has 0 aliphatic rings. The fourth-order valence-corrected chi connectivity index (χ4v) is 1.90. The van der Waals surface area contributed by atoms with Gasteiger partial charge in [-0.3, -0.25) is 5.10 Å². The van der Waals surface area contributed by atoms with Crippen molar-refractivity contribution in [3.8, 4) is 11.5 Å². The quantitative estimate of drug-likeness (QED) is 0.674. The first-order chi connectivity index (χ1) is 9.02. The fraction of sp³-hybridized carbons (Fsp3) is 0.182. The van der Waals surface area contributed by atoms with Gasteiger partial charge in [0.05, 0.1) is 18.3 Å². The molecule has 100 valence electrons. The largest absolute Gasteiger partial charge is 0.503 e. The van der Waals surface area contributed by atoms with Crippen LogP contribution in [0.15, 0.2) is 17.2 Å². The third-order valence-corrected chi connectivity index (χ3v) is 2.96. The van der Waals surface area contributed by atoms with Gasteiger partial charge in [0.1, 0.15) is 5.82 Å². The number of methoxy groups -OCH3 is 1. The number of phenolic OH excluding ortho intramolecular Hbond substituents is 1. The maximum absolute atomic E-state index is 9.62. The van der Waals surface area contributed by atoms with E-state index in [1.165, 1.54) is 11.8 Å². The topological polar surface area (TPSA) is 75.4 Å². The minimum absolute atomic E-state index is 0.0996. The highest BCUT2D eigenvalue weighted by molar-refractivity contribution is 7.71. The lowest BCUT2D eigenvalue weighted by Gasteiger charge is -2.05. The van der Waals surface area contributed by atoms with E-state index in [4.69, 9.17) is 28.6 Å². The number of aromatic amines is 1. The zero-order valence-electron chi connectivity index (χ0n) is 10.2. The first kappa shape index (κ1) is 13.6. The average Bonchev–Trinajstić information content (AvgIpc) is 2.70. The molecular formula is C11H11ClN4O2S. The van der Waals surface area contributed by atoms with Gasteiger partial charge in [-0.15, -0.1) is 0 Å². The smallest absolute Gasteiger partial charge is 0.216 e. The summed E-state index contributed by atoms with van der Waals surface area (Å²) in [5.41, 5.74) is 0.669. The minimum atomic E-state index is -0.0996. The van der Waals surface area contributed by atoms with Gasteiger partial charge in [-0.05, 0) is 36.8 Å². The van der Waals surface area contributed by atoms with Crippen LogP contribution in [0.2, 0.25) is 5.02 Å². The summed E-state index contributed by atoms with van der Waals surface area (Å²) in [5.74, 6) is 0.817. The van der Waals surface area contributed by atoms with Crippen molar-refractivity contribution in [2.45, 2.75) is 6.92 Å². The fourth-order valence-electron chi connectivity index (χ4n) is 1.45. The Morgan fingerprint density at radius 1 is 1.58 bits per heavy atom. The molecule has 6 nitrogen and oxygen atoms in total. The van der Waals surface area contributed by atoms with E-state index >= 15 is 0 Å². The highest BCUT2D eigenvalue weighted by atomic mass is 35.5. The normalized spacial score (nSPS) is 11.1. The molecule has 2 aromatic rings. The van der Waals surface area contributed by atoms with Crippen molar-refractivity contribution < 1.29 is 9.84 Å². The summed E-state index contributed by atoms with van der Waals surface area (Å²) in [6, 6.07) is 3.19. The van der Waals surface area contributed by atoms with Crippen LogP contribution in [0.25, 0.3) is 0 Å². The highest BCUT2D eigenvalue weighted by Gasteiger charge is 2.08. The van der Waals surface area contributed by atoms with E-state index in [-0.39, 0.29) is 16.5 Å². The Labute approximate surface area is 119 Å². The molecule has 0 aliphatic heterocycles. The van der Waals surface area contributed by atoms with Gasteiger partial charge in [0.2, 0.25) is 4.77 Å². The number of aryl methyl sites for hydroxylation is 1. The molecule has 2 N–H and O–H groups in total. The van der Waals surface area contributed by atoms with Crippen LogP contribution in [0, 0.1) is 11.7 Å². The molecule has 0 amide bonds. The van der Waals surface area contributed by atoms with E-state index in [9.17, 15) is 5.11 Å². The van der Waals surface area contributed by atoms with E-state index in [0.717, 1.165) is 0 Å². The number of benzene rings is 1. The van der Waals surface area contributed by atoms with Crippen LogP contribution < -0.4 is 4.74 Å². The van der Waals surface area contributed by atoms with Gasteiger partial charge >= 0.3 is 0 Å². The Kier molecular flexibility index (Phi) is 3.87. The van der Waals surface area contributed by atoms with E-state index < -0.39 is 0 Å². The van der Waals surface area contributed by atoms with Crippen molar-refractivity contribution in [1.82, 2.24) is 14.9 Å². The minimum Gasteiger partial charge on any atom is -0.503 e. The number of hydrogen-bond donors (Lipinski definition) is 2. The van der Waals surface area contributed by atoms with Crippen molar-refractivity contribution in [3.05, 3.63) is 33.3 Å². The van der Waals surface area contributed by atoms with E-state index in [2.05, 4.69) is 15.3 Å². The Bertz CT molecular complexity index is 692. The van der Waals surface area contributed by atoms with Gasteiger partial charge in [-0.25, -0.2) is 0 Å². The zero-order valence-corrected chi connectivity index (χ0v) is 11.8. The molecule has 0 unspecified atom stereocenters. The molecule has 8 heteroatoms. The third kappa shape index (κ3) is 2.77. The van der Waals surface area contributed by atoms with Crippen LogP contribution in [0.4, 0.5) is 0 Å². The summed E-state index contributed by atoms with van der Waals surface area (Å²) >= 11 is 10.9. The molecule has 0 fully saturated rings. The van der Waals surface area contributed by atoms with Crippen molar-refractivity contribution >= 4 is 30.0 Å². The Hall–Kier alpha value is -1.86. The molecule has 1 heterocycles. The summed E-state index contributed by atoms with van der Waals surface area (Å²) in [5, 5.41) is 20.6. The number of ether oxygens (including phenoxy) is 1. The zero-order chi connectivity index (χ0) is 14.0. The maximum Gasteiger partial charge on any atom is 0.216 e. The standard InChI is InChI=1S/C11H11ClN4O2S/c1-6-14-15-11(19)16(6)13-5-7-3-8(12)10(17)9(4-7)18-2/h3-5,17H,1-2H3,(H,15,19)/b13-5+. The van der Waals surface area contributed by atoms with Gasteiger partial charge in [0, 0.05) is 0 Å². The van der Waals surface area contributed by atoms with Crippen LogP contribution in [-0.2, 0) is 0 Å². The summed E-state index contributed by atoms with van der Waals surface area (Å²) in [7, 11) is 1.45. The van der Waals surface area contributed by atoms with Crippen molar-refractivity contribution in [1.29, 1.82) is 0 Å². The number of halogens is 1. The number of nitrogens with one attached hydrogen (secondary N) is 1. The lowest BCUT2D eigenvalue weighted by Crippen LogP contribution is -1.94. The molecule has 0 spiro atoms. The average molecular weight is 299 g/mol. The second kappa shape index (κ2) is 5.41. The number of aromatic hydroxyl groups is 1. The number of rotatable bonds is 3. The van der Waals surface area contributed by atoms with Gasteiger partial charge < -0.3 is 9.84 Å².